The molecule has 0 amide bonds. The van der Waals surface area contributed by atoms with Crippen molar-refractivity contribution in [2.45, 2.75) is 12.8 Å². The van der Waals surface area contributed by atoms with Crippen molar-refractivity contribution in [2.24, 2.45) is 10.2 Å². The van der Waals surface area contributed by atoms with Crippen LogP contribution in [0.4, 0.5) is 11.4 Å². The summed E-state index contributed by atoms with van der Waals surface area (Å²) in [5.41, 5.74) is 1.58. The predicted octanol–water partition coefficient (Wildman–Crippen LogP) is 5.66. The van der Waals surface area contributed by atoms with Gasteiger partial charge in [-0.05, 0) is 61.4 Å². The van der Waals surface area contributed by atoms with E-state index in [0.717, 1.165) is 47.7 Å². The van der Waals surface area contributed by atoms with E-state index in [4.69, 9.17) is 9.47 Å². The molecular formula is C17H19BrN2O2. The second-order valence-corrected chi connectivity index (χ2v) is 5.43. The molecule has 0 unspecified atom stereocenters. The molecule has 5 heteroatoms. The van der Waals surface area contributed by atoms with Crippen molar-refractivity contribution >= 4 is 27.3 Å². The summed E-state index contributed by atoms with van der Waals surface area (Å²) in [4.78, 5) is 0. The highest BCUT2D eigenvalue weighted by Crippen LogP contribution is 2.23. The van der Waals surface area contributed by atoms with E-state index in [2.05, 4.69) is 26.2 Å². The van der Waals surface area contributed by atoms with E-state index in [1.54, 1.807) is 7.11 Å². The van der Waals surface area contributed by atoms with Crippen LogP contribution in [-0.4, -0.2) is 19.0 Å². The van der Waals surface area contributed by atoms with E-state index in [9.17, 15) is 0 Å². The molecular weight excluding hydrogens is 344 g/mol. The molecule has 0 fully saturated rings. The third-order valence-electron chi connectivity index (χ3n) is 2.99. The van der Waals surface area contributed by atoms with Gasteiger partial charge in [-0.1, -0.05) is 15.9 Å². The molecule has 0 saturated heterocycles. The average Bonchev–Trinajstić information content (AvgIpc) is 2.58. The maximum atomic E-state index is 5.64. The van der Waals surface area contributed by atoms with Gasteiger partial charge in [-0.25, -0.2) is 0 Å². The van der Waals surface area contributed by atoms with Gasteiger partial charge in [0.1, 0.15) is 11.5 Å². The summed E-state index contributed by atoms with van der Waals surface area (Å²) in [5, 5.41) is 9.41. The van der Waals surface area contributed by atoms with Crippen molar-refractivity contribution < 1.29 is 9.47 Å². The molecule has 0 bridgehead atoms. The van der Waals surface area contributed by atoms with Crippen LogP contribution in [0.1, 0.15) is 12.8 Å². The summed E-state index contributed by atoms with van der Waals surface area (Å²) in [6, 6.07) is 15.1. The molecule has 2 rings (SSSR count). The number of hydrogen-bond donors (Lipinski definition) is 0. The van der Waals surface area contributed by atoms with Crippen LogP contribution in [0.2, 0.25) is 0 Å². The number of nitrogens with zero attached hydrogens (tertiary/aromatic N) is 2. The van der Waals surface area contributed by atoms with Gasteiger partial charge < -0.3 is 9.47 Å². The summed E-state index contributed by atoms with van der Waals surface area (Å²) in [6.45, 7) is 0.734. The molecule has 22 heavy (non-hydrogen) atoms. The Labute approximate surface area is 139 Å². The Balaban J connectivity index is 1.88. The van der Waals surface area contributed by atoms with Crippen LogP contribution in [0, 0.1) is 0 Å². The third-order valence-corrected chi connectivity index (χ3v) is 3.55. The van der Waals surface area contributed by atoms with Crippen LogP contribution >= 0.6 is 15.9 Å². The van der Waals surface area contributed by atoms with E-state index in [0.29, 0.717) is 0 Å². The van der Waals surface area contributed by atoms with Gasteiger partial charge in [0, 0.05) is 5.33 Å². The van der Waals surface area contributed by atoms with Gasteiger partial charge >= 0.3 is 0 Å². The zero-order chi connectivity index (χ0) is 15.6. The van der Waals surface area contributed by atoms with Gasteiger partial charge in [-0.15, -0.1) is 0 Å². The lowest BCUT2D eigenvalue weighted by Crippen LogP contribution is -1.96. The Kier molecular flexibility index (Phi) is 6.90. The van der Waals surface area contributed by atoms with E-state index >= 15 is 0 Å². The molecule has 0 aromatic heterocycles. The molecule has 0 atom stereocenters. The van der Waals surface area contributed by atoms with Crippen molar-refractivity contribution in [1.29, 1.82) is 0 Å². The van der Waals surface area contributed by atoms with E-state index in [1.807, 2.05) is 48.5 Å². The number of hydrogen-bond acceptors (Lipinski definition) is 4. The standard InChI is InChI=1S/C17H19BrN2O2/c1-21-16-8-4-14(5-9-16)19-20-15-6-10-17(11-7-15)22-13-3-2-12-18/h4-11H,2-3,12-13H2,1H3. The Morgan fingerprint density at radius 3 is 1.86 bits per heavy atom. The van der Waals surface area contributed by atoms with Crippen molar-refractivity contribution in [2.75, 3.05) is 19.0 Å². The Morgan fingerprint density at radius 1 is 0.818 bits per heavy atom. The van der Waals surface area contributed by atoms with Crippen LogP contribution in [-0.2, 0) is 0 Å². The normalized spacial score (nSPS) is 10.8. The maximum absolute atomic E-state index is 5.64. The van der Waals surface area contributed by atoms with Crippen LogP contribution in [0.3, 0.4) is 0 Å². The minimum atomic E-state index is 0.734. The fourth-order valence-electron chi connectivity index (χ4n) is 1.76. The fourth-order valence-corrected chi connectivity index (χ4v) is 2.16. The predicted molar refractivity (Wildman–Crippen MR) is 92.1 cm³/mol. The quantitative estimate of drug-likeness (QED) is 0.345. The molecule has 2 aromatic rings. The van der Waals surface area contributed by atoms with Crippen molar-refractivity contribution in [1.82, 2.24) is 0 Å². The van der Waals surface area contributed by atoms with Gasteiger partial charge in [-0.3, -0.25) is 0 Å². The molecule has 0 aliphatic heterocycles. The first-order valence-corrected chi connectivity index (χ1v) is 8.28. The van der Waals surface area contributed by atoms with Crippen LogP contribution in [0.5, 0.6) is 11.5 Å². The fraction of sp³-hybridized carbons (Fsp3) is 0.294. The number of rotatable bonds is 8. The third kappa shape index (κ3) is 5.48. The molecule has 0 radical (unpaired) electrons. The molecule has 0 aliphatic rings. The zero-order valence-electron chi connectivity index (χ0n) is 12.5. The first kappa shape index (κ1) is 16.5. The number of azo groups is 1. The van der Waals surface area contributed by atoms with Crippen LogP contribution < -0.4 is 9.47 Å². The minimum absolute atomic E-state index is 0.734. The van der Waals surface area contributed by atoms with Crippen LogP contribution in [0.25, 0.3) is 0 Å². The molecule has 0 heterocycles. The molecule has 0 spiro atoms. The van der Waals surface area contributed by atoms with Gasteiger partial charge in [0.2, 0.25) is 0 Å². The number of benzene rings is 2. The van der Waals surface area contributed by atoms with Crippen molar-refractivity contribution in [3.63, 3.8) is 0 Å². The summed E-state index contributed by atoms with van der Waals surface area (Å²) < 4.78 is 10.7. The van der Waals surface area contributed by atoms with E-state index in [-0.39, 0.29) is 0 Å². The first-order chi connectivity index (χ1) is 10.8. The Hall–Kier alpha value is -1.88. The molecule has 0 N–H and O–H groups in total. The van der Waals surface area contributed by atoms with Crippen LogP contribution in [0.15, 0.2) is 58.8 Å². The summed E-state index contributed by atoms with van der Waals surface area (Å²) in [7, 11) is 1.64. The highest BCUT2D eigenvalue weighted by atomic mass is 79.9. The van der Waals surface area contributed by atoms with Crippen molar-refractivity contribution in [3.8, 4) is 11.5 Å². The van der Waals surface area contributed by atoms with Gasteiger partial charge in [0.05, 0.1) is 25.1 Å². The minimum Gasteiger partial charge on any atom is -0.497 e. The van der Waals surface area contributed by atoms with Crippen molar-refractivity contribution in [3.05, 3.63) is 48.5 Å². The smallest absolute Gasteiger partial charge is 0.119 e. The second-order valence-electron chi connectivity index (χ2n) is 4.64. The van der Waals surface area contributed by atoms with Gasteiger partial charge in [0.25, 0.3) is 0 Å². The Morgan fingerprint density at radius 2 is 1.36 bits per heavy atom. The number of alkyl halides is 1. The number of ether oxygens (including phenoxy) is 2. The summed E-state index contributed by atoms with van der Waals surface area (Å²) >= 11 is 3.40. The lowest BCUT2D eigenvalue weighted by Gasteiger charge is -2.05. The summed E-state index contributed by atoms with van der Waals surface area (Å²) in [6.07, 6.45) is 2.17. The second kappa shape index (κ2) is 9.20. The monoisotopic (exact) mass is 362 g/mol. The Bertz CT molecular complexity index is 583. The molecule has 2 aromatic carbocycles. The SMILES string of the molecule is COc1ccc(N=Nc2ccc(OCCCCBr)cc2)cc1. The largest absolute Gasteiger partial charge is 0.497 e. The van der Waals surface area contributed by atoms with E-state index in [1.165, 1.54) is 0 Å². The molecule has 0 saturated carbocycles. The number of halogens is 1. The topological polar surface area (TPSA) is 43.2 Å². The number of unbranched alkanes of at least 4 members (excludes halogenated alkanes) is 1. The molecule has 4 nitrogen and oxygen atoms in total. The lowest BCUT2D eigenvalue weighted by atomic mass is 10.3. The zero-order valence-corrected chi connectivity index (χ0v) is 14.1. The van der Waals surface area contributed by atoms with Gasteiger partial charge in [0.15, 0.2) is 0 Å². The molecule has 116 valence electrons. The average molecular weight is 363 g/mol. The summed E-state index contributed by atoms with van der Waals surface area (Å²) in [5.74, 6) is 1.67. The lowest BCUT2D eigenvalue weighted by molar-refractivity contribution is 0.310. The highest BCUT2D eigenvalue weighted by Gasteiger charge is 1.96. The van der Waals surface area contributed by atoms with E-state index < -0.39 is 0 Å². The number of methoxy groups -OCH3 is 1. The first-order valence-electron chi connectivity index (χ1n) is 7.16. The highest BCUT2D eigenvalue weighted by molar-refractivity contribution is 9.09. The molecule has 0 aliphatic carbocycles. The van der Waals surface area contributed by atoms with Gasteiger partial charge in [-0.2, -0.15) is 10.2 Å². The maximum Gasteiger partial charge on any atom is 0.119 e.